The first-order chi connectivity index (χ1) is 9.40. The SMILES string of the molecule is CCOC(=O)CN(CC)C(=O)c1cc(I)cc(I)c1I. The van der Waals surface area contributed by atoms with Crippen molar-refractivity contribution in [2.45, 2.75) is 13.8 Å². The van der Waals surface area contributed by atoms with E-state index in [1.165, 1.54) is 4.90 Å². The molecule has 1 amide bonds. The van der Waals surface area contributed by atoms with Gasteiger partial charge in [0.25, 0.3) is 5.91 Å². The topological polar surface area (TPSA) is 46.6 Å². The lowest BCUT2D eigenvalue weighted by molar-refractivity contribution is -0.143. The van der Waals surface area contributed by atoms with Gasteiger partial charge in [-0.25, -0.2) is 0 Å². The van der Waals surface area contributed by atoms with Crippen molar-refractivity contribution < 1.29 is 14.3 Å². The summed E-state index contributed by atoms with van der Waals surface area (Å²) in [5.74, 6) is -0.514. The maximum Gasteiger partial charge on any atom is 0.325 e. The number of amides is 1. The molecule has 0 saturated carbocycles. The van der Waals surface area contributed by atoms with Gasteiger partial charge >= 0.3 is 5.97 Å². The summed E-state index contributed by atoms with van der Waals surface area (Å²) in [6, 6.07) is 3.86. The lowest BCUT2D eigenvalue weighted by Crippen LogP contribution is -2.36. The Morgan fingerprint density at radius 1 is 1.20 bits per heavy atom. The van der Waals surface area contributed by atoms with Gasteiger partial charge in [-0.1, -0.05) is 0 Å². The Balaban J connectivity index is 3.00. The van der Waals surface area contributed by atoms with Gasteiger partial charge in [-0.3, -0.25) is 9.59 Å². The van der Waals surface area contributed by atoms with Crippen LogP contribution in [0.4, 0.5) is 0 Å². The Kier molecular flexibility index (Phi) is 8.01. The highest BCUT2D eigenvalue weighted by Gasteiger charge is 2.21. The molecule has 0 radical (unpaired) electrons. The zero-order valence-corrected chi connectivity index (χ0v) is 17.6. The highest BCUT2D eigenvalue weighted by molar-refractivity contribution is 14.1. The molecule has 0 bridgehead atoms. The molecule has 1 aromatic carbocycles. The number of benzene rings is 1. The van der Waals surface area contributed by atoms with Crippen LogP contribution in [0.25, 0.3) is 0 Å². The molecule has 0 N–H and O–H groups in total. The fourth-order valence-corrected chi connectivity index (χ4v) is 3.96. The second-order valence-corrected chi connectivity index (χ2v) is 7.36. The molecule has 1 rings (SSSR count). The Morgan fingerprint density at radius 3 is 2.40 bits per heavy atom. The number of rotatable bonds is 5. The number of nitrogens with zero attached hydrogens (tertiary/aromatic N) is 1. The van der Waals surface area contributed by atoms with Gasteiger partial charge in [-0.2, -0.15) is 0 Å². The van der Waals surface area contributed by atoms with Gasteiger partial charge in [0.15, 0.2) is 0 Å². The molecule has 0 saturated heterocycles. The third kappa shape index (κ3) is 4.97. The number of carbonyl (C=O) groups is 2. The van der Waals surface area contributed by atoms with Gasteiger partial charge in [0.2, 0.25) is 0 Å². The van der Waals surface area contributed by atoms with E-state index < -0.39 is 0 Å². The summed E-state index contributed by atoms with van der Waals surface area (Å²) in [5, 5.41) is 0. The van der Waals surface area contributed by atoms with E-state index in [2.05, 4.69) is 67.8 Å². The van der Waals surface area contributed by atoms with Crippen LogP contribution in [0.2, 0.25) is 0 Å². The summed E-state index contributed by atoms with van der Waals surface area (Å²) in [5.41, 5.74) is 0.632. The van der Waals surface area contributed by atoms with E-state index in [0.29, 0.717) is 18.7 Å². The highest BCUT2D eigenvalue weighted by atomic mass is 127. The van der Waals surface area contributed by atoms with Crippen molar-refractivity contribution in [2.24, 2.45) is 0 Å². The zero-order chi connectivity index (χ0) is 15.3. The molecule has 0 spiro atoms. The highest BCUT2D eigenvalue weighted by Crippen LogP contribution is 2.24. The van der Waals surface area contributed by atoms with E-state index >= 15 is 0 Å². The first-order valence-electron chi connectivity index (χ1n) is 6.00. The molecule has 0 fully saturated rings. The monoisotopic (exact) mass is 613 g/mol. The van der Waals surface area contributed by atoms with Crippen LogP contribution in [0.3, 0.4) is 0 Å². The number of ether oxygens (including phenoxy) is 1. The molecule has 0 atom stereocenters. The van der Waals surface area contributed by atoms with Gasteiger partial charge in [0.05, 0.1) is 12.2 Å². The van der Waals surface area contributed by atoms with Gasteiger partial charge in [0, 0.05) is 17.3 Å². The third-order valence-electron chi connectivity index (χ3n) is 2.52. The van der Waals surface area contributed by atoms with Crippen molar-refractivity contribution in [3.05, 3.63) is 28.4 Å². The lowest BCUT2D eigenvalue weighted by atomic mass is 10.2. The molecular formula is C13H14I3NO3. The molecule has 0 aromatic heterocycles. The maximum absolute atomic E-state index is 12.5. The van der Waals surface area contributed by atoms with Crippen LogP contribution in [-0.2, 0) is 9.53 Å². The second kappa shape index (κ2) is 8.71. The van der Waals surface area contributed by atoms with Crippen molar-refractivity contribution >= 4 is 79.6 Å². The van der Waals surface area contributed by atoms with Gasteiger partial charge in [0.1, 0.15) is 6.54 Å². The average molecular weight is 613 g/mol. The molecule has 0 aliphatic carbocycles. The maximum atomic E-state index is 12.5. The van der Waals surface area contributed by atoms with Crippen LogP contribution in [-0.4, -0.2) is 36.5 Å². The fourth-order valence-electron chi connectivity index (χ4n) is 1.57. The zero-order valence-electron chi connectivity index (χ0n) is 11.1. The second-order valence-electron chi connectivity index (χ2n) is 3.87. The summed E-state index contributed by atoms with van der Waals surface area (Å²) in [7, 11) is 0. The van der Waals surface area contributed by atoms with Crippen molar-refractivity contribution in [3.8, 4) is 0 Å². The van der Waals surface area contributed by atoms with E-state index in [4.69, 9.17) is 4.74 Å². The van der Waals surface area contributed by atoms with Crippen molar-refractivity contribution in [3.63, 3.8) is 0 Å². The summed E-state index contributed by atoms with van der Waals surface area (Å²) in [6.07, 6.45) is 0. The predicted molar refractivity (Wildman–Crippen MR) is 103 cm³/mol. The summed E-state index contributed by atoms with van der Waals surface area (Å²) in [6.45, 7) is 4.38. The molecule has 0 aliphatic heterocycles. The molecule has 4 nitrogen and oxygen atoms in total. The number of carbonyl (C=O) groups excluding carboxylic acids is 2. The minimum atomic E-state index is -0.377. The molecule has 0 aliphatic rings. The molecule has 0 heterocycles. The van der Waals surface area contributed by atoms with E-state index in [1.54, 1.807) is 6.92 Å². The van der Waals surface area contributed by atoms with E-state index in [1.807, 2.05) is 19.1 Å². The van der Waals surface area contributed by atoms with Crippen LogP contribution >= 0.6 is 67.8 Å². The van der Waals surface area contributed by atoms with Crippen LogP contribution in [0, 0.1) is 10.7 Å². The van der Waals surface area contributed by atoms with Crippen LogP contribution in [0.5, 0.6) is 0 Å². The standard InChI is InChI=1S/C13H14I3NO3/c1-3-17(7-11(18)20-4-2)13(19)9-5-8(14)6-10(15)12(9)16/h5-6H,3-4,7H2,1-2H3. The first-order valence-corrected chi connectivity index (χ1v) is 9.23. The summed E-state index contributed by atoms with van der Waals surface area (Å²) in [4.78, 5) is 25.6. The largest absolute Gasteiger partial charge is 0.465 e. The minimum Gasteiger partial charge on any atom is -0.465 e. The molecule has 110 valence electrons. The first kappa shape index (κ1) is 18.4. The van der Waals surface area contributed by atoms with Gasteiger partial charge < -0.3 is 9.64 Å². The van der Waals surface area contributed by atoms with Crippen LogP contribution in [0.1, 0.15) is 24.2 Å². The van der Waals surface area contributed by atoms with Crippen LogP contribution < -0.4 is 0 Å². The minimum absolute atomic E-state index is 0.0126. The van der Waals surface area contributed by atoms with Gasteiger partial charge in [-0.15, -0.1) is 0 Å². The molecule has 1 aromatic rings. The normalized spacial score (nSPS) is 10.2. The summed E-state index contributed by atoms with van der Waals surface area (Å²) >= 11 is 6.56. The number of likely N-dealkylation sites (N-methyl/N-ethyl adjacent to an activating group) is 1. The molecular weight excluding hydrogens is 599 g/mol. The van der Waals surface area contributed by atoms with E-state index in [-0.39, 0.29) is 18.4 Å². The number of esters is 1. The Bertz CT molecular complexity index is 520. The van der Waals surface area contributed by atoms with Crippen molar-refractivity contribution in [1.82, 2.24) is 4.90 Å². The van der Waals surface area contributed by atoms with E-state index in [9.17, 15) is 9.59 Å². The van der Waals surface area contributed by atoms with Crippen molar-refractivity contribution in [2.75, 3.05) is 19.7 Å². The third-order valence-corrected chi connectivity index (χ3v) is 6.19. The average Bonchev–Trinajstić information content (AvgIpc) is 2.39. The lowest BCUT2D eigenvalue weighted by Gasteiger charge is -2.21. The number of halogens is 3. The van der Waals surface area contributed by atoms with E-state index in [0.717, 1.165) is 10.7 Å². The number of hydrogen-bond acceptors (Lipinski definition) is 3. The fraction of sp³-hybridized carbons (Fsp3) is 0.385. The Morgan fingerprint density at radius 2 is 1.85 bits per heavy atom. The van der Waals surface area contributed by atoms with Crippen LogP contribution in [0.15, 0.2) is 12.1 Å². The molecule has 7 heteroatoms. The molecule has 0 unspecified atom stereocenters. The number of hydrogen-bond donors (Lipinski definition) is 0. The Labute approximate surface area is 159 Å². The quantitative estimate of drug-likeness (QED) is 0.291. The summed E-state index contributed by atoms with van der Waals surface area (Å²) < 4.78 is 7.85. The molecule has 20 heavy (non-hydrogen) atoms. The van der Waals surface area contributed by atoms with Gasteiger partial charge in [-0.05, 0) is 93.8 Å². The van der Waals surface area contributed by atoms with Crippen molar-refractivity contribution in [1.29, 1.82) is 0 Å². The Hall–Kier alpha value is 0.350. The smallest absolute Gasteiger partial charge is 0.325 e. The predicted octanol–water partition coefficient (Wildman–Crippen LogP) is 3.53.